The van der Waals surface area contributed by atoms with Crippen LogP contribution in [-0.4, -0.2) is 42.3 Å². The first-order valence-corrected chi connectivity index (χ1v) is 11.8. The molecule has 0 radical (unpaired) electrons. The molecule has 1 aliphatic heterocycles. The van der Waals surface area contributed by atoms with Crippen molar-refractivity contribution in [3.8, 4) is 0 Å². The first-order valence-electron chi connectivity index (χ1n) is 11.1. The molecule has 0 aromatic heterocycles. The van der Waals surface area contributed by atoms with E-state index in [9.17, 15) is 0 Å². The van der Waals surface area contributed by atoms with Crippen molar-refractivity contribution in [1.29, 1.82) is 0 Å². The monoisotopic (exact) mass is 553 g/mol. The second-order valence-corrected chi connectivity index (χ2v) is 7.87. The first kappa shape index (κ1) is 37.2. The molecular formula is C29H27CrNO7. The van der Waals surface area contributed by atoms with Gasteiger partial charge in [-0.15, -0.1) is 0 Å². The fourth-order valence-corrected chi connectivity index (χ4v) is 4.96. The van der Waals surface area contributed by atoms with Crippen molar-refractivity contribution in [2.24, 2.45) is 11.8 Å². The van der Waals surface area contributed by atoms with Crippen LogP contribution >= 0.6 is 0 Å². The molecule has 0 amide bonds. The zero-order valence-corrected chi connectivity index (χ0v) is 22.1. The summed E-state index contributed by atoms with van der Waals surface area (Å²) < 4.78 is 50.5. The number of allylic oxidation sites excluding steroid dienone is 7. The van der Waals surface area contributed by atoms with Gasteiger partial charge in [-0.25, -0.2) is 0 Å². The first-order chi connectivity index (χ1) is 18.8. The zero-order valence-electron chi connectivity index (χ0n) is 20.8. The van der Waals surface area contributed by atoms with Gasteiger partial charge in [-0.05, 0) is 0 Å². The van der Waals surface area contributed by atoms with Gasteiger partial charge in [0.15, 0.2) is 0 Å². The quantitative estimate of drug-likeness (QED) is 0.393. The summed E-state index contributed by atoms with van der Waals surface area (Å²) in [4.78, 5) is 2.41. The zero-order chi connectivity index (χ0) is 29.3. The number of nitrogens with zero attached hydrogens (tertiary/aromatic N) is 1. The predicted octanol–water partition coefficient (Wildman–Crippen LogP) is 3.81. The average Bonchev–Trinajstić information content (AvgIpc) is 3.30. The number of hydrogen-bond acceptors (Lipinski definition) is 3. The van der Waals surface area contributed by atoms with Crippen LogP contribution in [0.25, 0.3) is 0 Å². The standard InChI is InChI=1S/C24H27NO2.5CO.Cr/c1-2-27-24-21(18-25-14-16-26-17-15-25)22(19-10-8-5-9-11-19)23(24)20-12-6-3-4-7-13-20;5*1-2;/h3-13,20,22-23H,2,14-17H2,1H3;;;;;;/t22-,23-;;;;;;/m0....../s1. The minimum atomic E-state index is 0.314. The third-order valence-corrected chi connectivity index (χ3v) is 6.39. The molecule has 0 spiro atoms. The molecule has 196 valence electrons. The van der Waals surface area contributed by atoms with Crippen LogP contribution in [0.2, 0.25) is 0 Å². The third-order valence-electron chi connectivity index (χ3n) is 5.64. The molecule has 3 aliphatic rings. The molecule has 1 aromatic carbocycles. The van der Waals surface area contributed by atoms with E-state index in [0.717, 1.165) is 32.1 Å². The maximum absolute atomic E-state index is 7.50. The summed E-state index contributed by atoms with van der Waals surface area (Å²) in [5, 5.41) is 0. The van der Waals surface area contributed by atoms with Crippen LogP contribution in [0.5, 0.6) is 0 Å². The van der Waals surface area contributed by atoms with Crippen LogP contribution in [0.1, 0.15) is 18.4 Å². The van der Waals surface area contributed by atoms with E-state index in [-0.39, 0.29) is 0 Å². The summed E-state index contributed by atoms with van der Waals surface area (Å²) >= 11 is 3.37. The van der Waals surface area contributed by atoms with E-state index in [2.05, 4.69) is 128 Å². The van der Waals surface area contributed by atoms with Gasteiger partial charge in [0.05, 0.1) is 0 Å². The Bertz CT molecular complexity index is 991. The van der Waals surface area contributed by atoms with Gasteiger partial charge in [0.25, 0.3) is 0 Å². The molecule has 1 heterocycles. The Labute approximate surface area is 232 Å². The summed E-state index contributed by atoms with van der Waals surface area (Å²) in [6.45, 7) is 28.7. The fourth-order valence-electron chi connectivity index (χ4n) is 4.32. The molecule has 0 unspecified atom stereocenters. The fraction of sp³-hybridized carbons (Fsp3) is 0.310. The number of benzene rings is 1. The molecule has 1 aromatic rings. The molecule has 0 N–H and O–H groups in total. The molecule has 9 heteroatoms. The van der Waals surface area contributed by atoms with Crippen molar-refractivity contribution in [3.05, 3.63) is 117 Å². The summed E-state index contributed by atoms with van der Waals surface area (Å²) in [7, 11) is 0. The van der Waals surface area contributed by atoms with E-state index in [1.54, 1.807) is 0 Å². The van der Waals surface area contributed by atoms with Crippen molar-refractivity contribution in [1.82, 2.24) is 4.90 Å². The van der Waals surface area contributed by atoms with Crippen LogP contribution < -0.4 is 0 Å². The van der Waals surface area contributed by atoms with E-state index in [4.69, 9.17) is 32.7 Å². The SMILES string of the molecule is CCOC1=C([C](=[Cr])N2CCOCC2)[C@H](c2ccccc2)[C@@H]1C1C=CC=CC=C1.[C-]#[O+].[C-]#[O+].[C-]#[O+].[C-]#[O+].[C-]#[O+]. The normalized spacial score (nSPS) is 19.0. The van der Waals surface area contributed by atoms with Crippen molar-refractivity contribution in [2.75, 3.05) is 32.9 Å². The Kier molecular flexibility index (Phi) is 23.8. The van der Waals surface area contributed by atoms with Crippen LogP contribution in [0, 0.1) is 45.1 Å². The van der Waals surface area contributed by atoms with Gasteiger partial charge >= 0.3 is 233 Å². The van der Waals surface area contributed by atoms with Crippen molar-refractivity contribution >= 4 is 4.50 Å². The Morgan fingerprint density at radius 1 is 0.868 bits per heavy atom. The van der Waals surface area contributed by atoms with Gasteiger partial charge in [0, 0.05) is 0 Å². The van der Waals surface area contributed by atoms with E-state index in [0.29, 0.717) is 24.4 Å². The van der Waals surface area contributed by atoms with Crippen molar-refractivity contribution < 1.29 is 48.6 Å². The second-order valence-electron chi connectivity index (χ2n) is 7.26. The summed E-state index contributed by atoms with van der Waals surface area (Å²) in [5.41, 5.74) is 2.67. The topological polar surface area (TPSA) is 121 Å². The molecule has 0 bridgehead atoms. The number of ether oxygens (including phenoxy) is 2. The second kappa shape index (κ2) is 24.3. The van der Waals surface area contributed by atoms with Gasteiger partial charge < -0.3 is 0 Å². The predicted molar refractivity (Wildman–Crippen MR) is 129 cm³/mol. The molecule has 2 aliphatic carbocycles. The van der Waals surface area contributed by atoms with Gasteiger partial charge in [0.1, 0.15) is 0 Å². The summed E-state index contributed by atoms with van der Waals surface area (Å²) in [6.07, 6.45) is 13.1. The molecule has 38 heavy (non-hydrogen) atoms. The van der Waals surface area contributed by atoms with Crippen LogP contribution in [-0.2, 0) is 48.6 Å². The van der Waals surface area contributed by atoms with E-state index in [1.807, 2.05) is 0 Å². The molecule has 8 nitrogen and oxygen atoms in total. The molecule has 0 saturated carbocycles. The Hall–Kier alpha value is -3.00. The summed E-state index contributed by atoms with van der Waals surface area (Å²) in [5.74, 6) is 2.09. The summed E-state index contributed by atoms with van der Waals surface area (Å²) in [6, 6.07) is 10.8. The third kappa shape index (κ3) is 10.4. The molecule has 1 fully saturated rings. The maximum atomic E-state index is 7.50. The van der Waals surface area contributed by atoms with E-state index >= 15 is 0 Å². The van der Waals surface area contributed by atoms with Crippen LogP contribution in [0.15, 0.2) is 78.1 Å². The molecule has 4 rings (SSSR count). The van der Waals surface area contributed by atoms with Gasteiger partial charge in [-0.3, -0.25) is 0 Å². The Morgan fingerprint density at radius 3 is 1.84 bits per heavy atom. The number of morpholine rings is 1. The van der Waals surface area contributed by atoms with Crippen LogP contribution in [0.3, 0.4) is 0 Å². The van der Waals surface area contributed by atoms with E-state index < -0.39 is 0 Å². The minimum absolute atomic E-state index is 0.314. The van der Waals surface area contributed by atoms with Gasteiger partial charge in [0.2, 0.25) is 0 Å². The molecule has 2 atom stereocenters. The van der Waals surface area contributed by atoms with E-state index in [1.165, 1.54) is 15.6 Å². The Balaban J connectivity index is 0. The molecule has 1 saturated heterocycles. The van der Waals surface area contributed by atoms with Crippen LogP contribution in [0.4, 0.5) is 0 Å². The average molecular weight is 554 g/mol. The molecular weight excluding hydrogens is 526 g/mol. The number of hydrogen-bond donors (Lipinski definition) is 0. The van der Waals surface area contributed by atoms with Gasteiger partial charge in [-0.2, -0.15) is 0 Å². The Morgan fingerprint density at radius 2 is 1.37 bits per heavy atom. The van der Waals surface area contributed by atoms with Gasteiger partial charge in [-0.1, -0.05) is 0 Å². The number of rotatable bonds is 6. The van der Waals surface area contributed by atoms with Crippen molar-refractivity contribution in [3.63, 3.8) is 0 Å². The van der Waals surface area contributed by atoms with Crippen molar-refractivity contribution in [2.45, 2.75) is 12.8 Å².